The number of ether oxygens (including phenoxy) is 1. The van der Waals surface area contributed by atoms with Crippen LogP contribution in [0.3, 0.4) is 0 Å². The van der Waals surface area contributed by atoms with E-state index in [1.165, 1.54) is 0 Å². The molecule has 2 aromatic heterocycles. The van der Waals surface area contributed by atoms with E-state index in [9.17, 15) is 0 Å². The standard InChI is InChI=1S/C11H13ClN4O/c1-3-4-16-7-9(6-13-16)17-11-5-10(12)14-8(2)15-11/h5-7H,3-4H2,1-2H3. The van der Waals surface area contributed by atoms with E-state index >= 15 is 0 Å². The fourth-order valence-corrected chi connectivity index (χ4v) is 1.64. The van der Waals surface area contributed by atoms with E-state index < -0.39 is 0 Å². The fourth-order valence-electron chi connectivity index (χ4n) is 1.43. The number of rotatable bonds is 4. The van der Waals surface area contributed by atoms with Gasteiger partial charge in [0.1, 0.15) is 11.0 Å². The molecule has 0 amide bonds. The summed E-state index contributed by atoms with van der Waals surface area (Å²) in [7, 11) is 0. The second kappa shape index (κ2) is 5.14. The lowest BCUT2D eigenvalue weighted by atomic mass is 10.5. The lowest BCUT2D eigenvalue weighted by Gasteiger charge is -2.02. The molecule has 17 heavy (non-hydrogen) atoms. The summed E-state index contributed by atoms with van der Waals surface area (Å²) >= 11 is 5.82. The van der Waals surface area contributed by atoms with E-state index in [-0.39, 0.29) is 0 Å². The topological polar surface area (TPSA) is 52.8 Å². The van der Waals surface area contributed by atoms with Gasteiger partial charge in [0.05, 0.1) is 12.4 Å². The second-order valence-corrected chi connectivity index (χ2v) is 4.00. The zero-order chi connectivity index (χ0) is 12.3. The number of hydrogen-bond donors (Lipinski definition) is 0. The van der Waals surface area contributed by atoms with Crippen molar-refractivity contribution in [3.05, 3.63) is 29.4 Å². The summed E-state index contributed by atoms with van der Waals surface area (Å²) in [6.07, 6.45) is 4.51. The van der Waals surface area contributed by atoms with E-state index in [0.717, 1.165) is 13.0 Å². The minimum Gasteiger partial charge on any atom is -0.436 e. The van der Waals surface area contributed by atoms with E-state index in [2.05, 4.69) is 22.0 Å². The molecule has 0 unspecified atom stereocenters. The summed E-state index contributed by atoms with van der Waals surface area (Å²) < 4.78 is 7.37. The molecule has 0 bridgehead atoms. The molecule has 0 spiro atoms. The molecule has 6 heteroatoms. The molecule has 0 aliphatic rings. The number of aryl methyl sites for hydroxylation is 2. The fraction of sp³-hybridized carbons (Fsp3) is 0.364. The largest absolute Gasteiger partial charge is 0.436 e. The predicted molar refractivity (Wildman–Crippen MR) is 64.4 cm³/mol. The second-order valence-electron chi connectivity index (χ2n) is 3.62. The Hall–Kier alpha value is -1.62. The van der Waals surface area contributed by atoms with E-state index in [4.69, 9.17) is 16.3 Å². The van der Waals surface area contributed by atoms with Crippen molar-refractivity contribution in [2.75, 3.05) is 0 Å². The van der Waals surface area contributed by atoms with Gasteiger partial charge in [-0.3, -0.25) is 4.68 Å². The van der Waals surface area contributed by atoms with Crippen molar-refractivity contribution < 1.29 is 4.74 Å². The average molecular weight is 253 g/mol. The van der Waals surface area contributed by atoms with Gasteiger partial charge in [-0.15, -0.1) is 0 Å². The average Bonchev–Trinajstić information content (AvgIpc) is 2.64. The SMILES string of the molecule is CCCn1cc(Oc2cc(Cl)nc(C)n2)cn1. The van der Waals surface area contributed by atoms with Crippen LogP contribution < -0.4 is 4.74 Å². The maximum absolute atomic E-state index is 5.82. The monoisotopic (exact) mass is 252 g/mol. The highest BCUT2D eigenvalue weighted by molar-refractivity contribution is 6.29. The van der Waals surface area contributed by atoms with Gasteiger partial charge >= 0.3 is 0 Å². The zero-order valence-corrected chi connectivity index (χ0v) is 10.5. The van der Waals surface area contributed by atoms with Gasteiger partial charge in [0.2, 0.25) is 5.88 Å². The molecule has 0 aliphatic carbocycles. The first-order chi connectivity index (χ1) is 8.17. The van der Waals surface area contributed by atoms with Crippen molar-refractivity contribution in [3.63, 3.8) is 0 Å². The smallest absolute Gasteiger partial charge is 0.224 e. The van der Waals surface area contributed by atoms with Gasteiger partial charge in [0, 0.05) is 12.6 Å². The maximum atomic E-state index is 5.82. The van der Waals surface area contributed by atoms with Gasteiger partial charge < -0.3 is 4.74 Å². The van der Waals surface area contributed by atoms with Crippen LogP contribution in [0.1, 0.15) is 19.2 Å². The Labute approximate surface area is 104 Å². The van der Waals surface area contributed by atoms with Crippen molar-refractivity contribution in [1.29, 1.82) is 0 Å². The highest BCUT2D eigenvalue weighted by atomic mass is 35.5. The van der Waals surface area contributed by atoms with E-state index in [1.54, 1.807) is 19.2 Å². The van der Waals surface area contributed by atoms with Crippen LogP contribution in [-0.4, -0.2) is 19.7 Å². The Morgan fingerprint density at radius 3 is 2.94 bits per heavy atom. The quantitative estimate of drug-likeness (QED) is 0.785. The molecule has 0 saturated heterocycles. The number of aromatic nitrogens is 4. The van der Waals surface area contributed by atoms with Crippen molar-refractivity contribution >= 4 is 11.6 Å². The van der Waals surface area contributed by atoms with Crippen molar-refractivity contribution in [2.24, 2.45) is 0 Å². The normalized spacial score (nSPS) is 10.5. The number of nitrogens with zero attached hydrogens (tertiary/aromatic N) is 4. The Bertz CT molecular complexity index is 492. The molecule has 0 saturated carbocycles. The molecule has 2 aromatic rings. The van der Waals surface area contributed by atoms with Crippen LogP contribution in [-0.2, 0) is 6.54 Å². The first-order valence-corrected chi connectivity index (χ1v) is 5.76. The van der Waals surface area contributed by atoms with Crippen LogP contribution in [0.5, 0.6) is 11.6 Å². The molecule has 0 aliphatic heterocycles. The van der Waals surface area contributed by atoms with Crippen molar-refractivity contribution in [1.82, 2.24) is 19.7 Å². The Morgan fingerprint density at radius 1 is 1.41 bits per heavy atom. The van der Waals surface area contributed by atoms with Gasteiger partial charge in [0.15, 0.2) is 5.75 Å². The van der Waals surface area contributed by atoms with Crippen molar-refractivity contribution in [3.8, 4) is 11.6 Å². The molecule has 0 N–H and O–H groups in total. The summed E-state index contributed by atoms with van der Waals surface area (Å²) in [5.41, 5.74) is 0. The molecule has 0 aromatic carbocycles. The van der Waals surface area contributed by atoms with Gasteiger partial charge in [-0.1, -0.05) is 18.5 Å². The maximum Gasteiger partial charge on any atom is 0.224 e. The predicted octanol–water partition coefficient (Wildman–Crippen LogP) is 2.84. The minimum absolute atomic E-state index is 0.369. The number of halogens is 1. The van der Waals surface area contributed by atoms with Crippen molar-refractivity contribution in [2.45, 2.75) is 26.8 Å². The van der Waals surface area contributed by atoms with Crippen LogP contribution >= 0.6 is 11.6 Å². The third kappa shape index (κ3) is 3.17. The molecule has 5 nitrogen and oxygen atoms in total. The minimum atomic E-state index is 0.369. The summed E-state index contributed by atoms with van der Waals surface area (Å²) in [5, 5.41) is 4.53. The highest BCUT2D eigenvalue weighted by Gasteiger charge is 2.04. The van der Waals surface area contributed by atoms with Crippen LogP contribution in [0.15, 0.2) is 18.5 Å². The van der Waals surface area contributed by atoms with Gasteiger partial charge in [-0.2, -0.15) is 10.1 Å². The van der Waals surface area contributed by atoms with E-state index in [0.29, 0.717) is 22.6 Å². The molecule has 2 rings (SSSR count). The number of hydrogen-bond acceptors (Lipinski definition) is 4. The summed E-state index contributed by atoms with van der Waals surface area (Å²) in [6, 6.07) is 1.58. The first kappa shape index (κ1) is 11.9. The highest BCUT2D eigenvalue weighted by Crippen LogP contribution is 2.20. The zero-order valence-electron chi connectivity index (χ0n) is 9.72. The Kier molecular flexibility index (Phi) is 3.58. The molecule has 0 radical (unpaired) electrons. The molecule has 0 atom stereocenters. The summed E-state index contributed by atoms with van der Waals surface area (Å²) in [5.74, 6) is 1.65. The molecular weight excluding hydrogens is 240 g/mol. The van der Waals surface area contributed by atoms with Gasteiger partial charge in [-0.25, -0.2) is 4.98 Å². The van der Waals surface area contributed by atoms with Gasteiger partial charge in [-0.05, 0) is 13.3 Å². The summed E-state index contributed by atoms with van der Waals surface area (Å²) in [6.45, 7) is 4.72. The Morgan fingerprint density at radius 2 is 2.24 bits per heavy atom. The first-order valence-electron chi connectivity index (χ1n) is 5.39. The summed E-state index contributed by atoms with van der Waals surface area (Å²) in [4.78, 5) is 8.09. The molecular formula is C11H13ClN4O. The molecule has 90 valence electrons. The van der Waals surface area contributed by atoms with Gasteiger partial charge in [0.25, 0.3) is 0 Å². The van der Waals surface area contributed by atoms with Crippen LogP contribution in [0.4, 0.5) is 0 Å². The Balaban J connectivity index is 2.13. The third-order valence-electron chi connectivity index (χ3n) is 2.07. The third-order valence-corrected chi connectivity index (χ3v) is 2.26. The van der Waals surface area contributed by atoms with E-state index in [1.807, 2.05) is 10.9 Å². The molecule has 2 heterocycles. The van der Waals surface area contributed by atoms with Crippen LogP contribution in [0.25, 0.3) is 0 Å². The lowest BCUT2D eigenvalue weighted by Crippen LogP contribution is -1.95. The van der Waals surface area contributed by atoms with Crippen LogP contribution in [0.2, 0.25) is 5.15 Å². The molecule has 0 fully saturated rings. The lowest BCUT2D eigenvalue weighted by molar-refractivity contribution is 0.458. The van der Waals surface area contributed by atoms with Crippen LogP contribution in [0, 0.1) is 6.92 Å².